The van der Waals surface area contributed by atoms with Gasteiger partial charge in [0.2, 0.25) is 0 Å². The van der Waals surface area contributed by atoms with Crippen LogP contribution >= 0.6 is 0 Å². The minimum Gasteiger partial charge on any atom is -0.456 e. The molecular formula is C27H16O2. The van der Waals surface area contributed by atoms with Crippen molar-refractivity contribution in [3.8, 4) is 11.5 Å². The lowest BCUT2D eigenvalue weighted by Crippen LogP contribution is -2.16. The molecule has 0 saturated carbocycles. The van der Waals surface area contributed by atoms with E-state index in [2.05, 4.69) is 12.1 Å². The van der Waals surface area contributed by atoms with Crippen LogP contribution in [0.4, 0.5) is 0 Å². The van der Waals surface area contributed by atoms with Gasteiger partial charge < -0.3 is 4.74 Å². The van der Waals surface area contributed by atoms with Crippen molar-refractivity contribution in [3.63, 3.8) is 0 Å². The van der Waals surface area contributed by atoms with Crippen LogP contribution in [0.2, 0.25) is 0 Å². The van der Waals surface area contributed by atoms with Crippen LogP contribution in [0.3, 0.4) is 0 Å². The van der Waals surface area contributed by atoms with Crippen LogP contribution in [0.15, 0.2) is 97.1 Å². The van der Waals surface area contributed by atoms with Gasteiger partial charge in [0, 0.05) is 27.8 Å². The predicted molar refractivity (Wildman–Crippen MR) is 114 cm³/mol. The summed E-state index contributed by atoms with van der Waals surface area (Å²) >= 11 is 0. The standard InChI is InChI=1S/C27H16O2/c28-27-19-11-3-1-9-17(19)25(18-10-2-4-12-20(18)27)26-21-13-5-7-15-23(21)29-24-16-8-6-14-22(24)26/h1-16H. The first-order valence-corrected chi connectivity index (χ1v) is 9.67. The van der Waals surface area contributed by atoms with Crippen molar-refractivity contribution in [1.82, 2.24) is 0 Å². The van der Waals surface area contributed by atoms with Gasteiger partial charge in [-0.2, -0.15) is 0 Å². The maximum absolute atomic E-state index is 13.2. The third-order valence-electron chi connectivity index (χ3n) is 5.66. The molecule has 0 saturated heterocycles. The van der Waals surface area contributed by atoms with Crippen LogP contribution in [0, 0.1) is 0 Å². The molecule has 2 nitrogen and oxygen atoms in total. The van der Waals surface area contributed by atoms with E-state index < -0.39 is 0 Å². The summed E-state index contributed by atoms with van der Waals surface area (Å²) in [5.74, 6) is 1.75. The summed E-state index contributed by atoms with van der Waals surface area (Å²) in [5.41, 5.74) is 7.70. The van der Waals surface area contributed by atoms with E-state index in [-0.39, 0.29) is 5.78 Å². The summed E-state index contributed by atoms with van der Waals surface area (Å²) in [6.45, 7) is 0. The number of carbonyl (C=O) groups is 1. The number of rotatable bonds is 0. The fourth-order valence-electron chi connectivity index (χ4n) is 4.41. The first-order chi connectivity index (χ1) is 14.3. The lowest BCUT2D eigenvalue weighted by atomic mass is 9.76. The highest BCUT2D eigenvalue weighted by Crippen LogP contribution is 2.50. The first kappa shape index (κ1) is 16.1. The van der Waals surface area contributed by atoms with Crippen molar-refractivity contribution in [3.05, 3.63) is 130 Å². The molecule has 2 aliphatic rings. The molecule has 136 valence electrons. The third-order valence-corrected chi connectivity index (χ3v) is 5.66. The average Bonchev–Trinajstić information content (AvgIpc) is 2.79. The Hall–Kier alpha value is -3.91. The summed E-state index contributed by atoms with van der Waals surface area (Å²) in [6.07, 6.45) is 0. The van der Waals surface area contributed by atoms with E-state index in [9.17, 15) is 4.79 Å². The molecule has 2 heteroatoms. The Morgan fingerprint density at radius 2 is 0.759 bits per heavy atom. The molecule has 4 aromatic carbocycles. The number of carbonyl (C=O) groups excluding carboxylic acids is 1. The largest absolute Gasteiger partial charge is 0.456 e. The molecule has 0 amide bonds. The Labute approximate surface area is 168 Å². The normalized spacial score (nSPS) is 13.7. The van der Waals surface area contributed by atoms with E-state index in [1.165, 1.54) is 0 Å². The van der Waals surface area contributed by atoms with Gasteiger partial charge in [0.15, 0.2) is 5.78 Å². The van der Waals surface area contributed by atoms with E-state index in [0.717, 1.165) is 56.0 Å². The highest BCUT2D eigenvalue weighted by Gasteiger charge is 2.32. The molecule has 1 heterocycles. The van der Waals surface area contributed by atoms with Crippen LogP contribution < -0.4 is 4.74 Å². The highest BCUT2D eigenvalue weighted by molar-refractivity contribution is 6.23. The third kappa shape index (κ3) is 2.26. The SMILES string of the molecule is O=C1c2ccccc2C(=C2c3ccccc3Oc3ccccc32)c2ccccc21. The van der Waals surface area contributed by atoms with Gasteiger partial charge in [-0.25, -0.2) is 0 Å². The molecule has 0 fully saturated rings. The van der Waals surface area contributed by atoms with Gasteiger partial charge >= 0.3 is 0 Å². The minimum absolute atomic E-state index is 0.0779. The zero-order chi connectivity index (χ0) is 19.4. The van der Waals surface area contributed by atoms with Gasteiger partial charge in [-0.15, -0.1) is 0 Å². The number of benzene rings is 4. The second-order valence-corrected chi connectivity index (χ2v) is 7.26. The summed E-state index contributed by atoms with van der Waals surface area (Å²) < 4.78 is 6.19. The Bertz CT molecular complexity index is 1250. The molecule has 6 rings (SSSR count). The molecule has 0 aromatic heterocycles. The van der Waals surface area contributed by atoms with Gasteiger partial charge in [-0.05, 0) is 28.8 Å². The summed E-state index contributed by atoms with van der Waals surface area (Å²) in [5, 5.41) is 0. The second kappa shape index (κ2) is 6.05. The Morgan fingerprint density at radius 1 is 0.414 bits per heavy atom. The number of ketones is 1. The maximum atomic E-state index is 13.2. The number of para-hydroxylation sites is 2. The number of ether oxygens (including phenoxy) is 1. The Balaban J connectivity index is 1.82. The van der Waals surface area contributed by atoms with Crippen LogP contribution in [-0.2, 0) is 0 Å². The maximum Gasteiger partial charge on any atom is 0.194 e. The zero-order valence-electron chi connectivity index (χ0n) is 15.6. The van der Waals surface area contributed by atoms with E-state index >= 15 is 0 Å². The van der Waals surface area contributed by atoms with E-state index in [1.807, 2.05) is 84.9 Å². The van der Waals surface area contributed by atoms with Gasteiger partial charge in [0.1, 0.15) is 11.5 Å². The van der Waals surface area contributed by atoms with E-state index in [4.69, 9.17) is 4.74 Å². The summed E-state index contributed by atoms with van der Waals surface area (Å²) in [6, 6.07) is 32.0. The van der Waals surface area contributed by atoms with Crippen LogP contribution in [0.25, 0.3) is 11.1 Å². The van der Waals surface area contributed by atoms with Crippen molar-refractivity contribution in [2.24, 2.45) is 0 Å². The molecule has 0 radical (unpaired) electrons. The summed E-state index contributed by atoms with van der Waals surface area (Å²) in [7, 11) is 0. The highest BCUT2D eigenvalue weighted by atomic mass is 16.5. The monoisotopic (exact) mass is 372 g/mol. The molecule has 0 atom stereocenters. The summed E-state index contributed by atoms with van der Waals surface area (Å²) in [4.78, 5) is 13.2. The topological polar surface area (TPSA) is 26.3 Å². The van der Waals surface area contributed by atoms with Gasteiger partial charge in [0.05, 0.1) is 0 Å². The van der Waals surface area contributed by atoms with Crippen molar-refractivity contribution < 1.29 is 9.53 Å². The first-order valence-electron chi connectivity index (χ1n) is 9.67. The lowest BCUT2D eigenvalue weighted by molar-refractivity contribution is 0.103. The van der Waals surface area contributed by atoms with E-state index in [0.29, 0.717) is 0 Å². The minimum atomic E-state index is 0.0779. The van der Waals surface area contributed by atoms with Gasteiger partial charge in [-0.1, -0.05) is 84.9 Å². The molecule has 0 unspecified atom stereocenters. The fourth-order valence-corrected chi connectivity index (χ4v) is 4.41. The molecule has 0 N–H and O–H groups in total. The van der Waals surface area contributed by atoms with Crippen molar-refractivity contribution in [1.29, 1.82) is 0 Å². The predicted octanol–water partition coefficient (Wildman–Crippen LogP) is 6.34. The fraction of sp³-hybridized carbons (Fsp3) is 0. The number of hydrogen-bond acceptors (Lipinski definition) is 2. The molecule has 0 bridgehead atoms. The molecular weight excluding hydrogens is 356 g/mol. The quantitative estimate of drug-likeness (QED) is 0.311. The molecule has 1 aliphatic carbocycles. The van der Waals surface area contributed by atoms with Crippen molar-refractivity contribution in [2.45, 2.75) is 0 Å². The molecule has 4 aromatic rings. The van der Waals surface area contributed by atoms with Gasteiger partial charge in [0.25, 0.3) is 0 Å². The van der Waals surface area contributed by atoms with Crippen LogP contribution in [0.1, 0.15) is 38.2 Å². The molecule has 0 spiro atoms. The average molecular weight is 372 g/mol. The molecule has 29 heavy (non-hydrogen) atoms. The second-order valence-electron chi connectivity index (χ2n) is 7.26. The smallest absolute Gasteiger partial charge is 0.194 e. The molecule has 1 aliphatic heterocycles. The van der Waals surface area contributed by atoms with Crippen LogP contribution in [-0.4, -0.2) is 5.78 Å². The van der Waals surface area contributed by atoms with Crippen molar-refractivity contribution >= 4 is 16.9 Å². The van der Waals surface area contributed by atoms with E-state index in [1.54, 1.807) is 0 Å². The Morgan fingerprint density at radius 3 is 1.24 bits per heavy atom. The number of hydrogen-bond donors (Lipinski definition) is 0. The number of fused-ring (bicyclic) bond motifs is 4. The van der Waals surface area contributed by atoms with Crippen molar-refractivity contribution in [2.75, 3.05) is 0 Å². The van der Waals surface area contributed by atoms with Gasteiger partial charge in [-0.3, -0.25) is 4.79 Å². The lowest BCUT2D eigenvalue weighted by Gasteiger charge is -2.29. The Kier molecular flexibility index (Phi) is 3.35. The van der Waals surface area contributed by atoms with Crippen LogP contribution in [0.5, 0.6) is 11.5 Å². The zero-order valence-corrected chi connectivity index (χ0v) is 15.6.